The Morgan fingerprint density at radius 3 is 1.90 bits per heavy atom. The van der Waals surface area contributed by atoms with Crippen molar-refractivity contribution in [2.45, 2.75) is 81.6 Å². The summed E-state index contributed by atoms with van der Waals surface area (Å²) in [5.74, 6) is 0.604. The molecule has 0 bridgehead atoms. The molecule has 0 amide bonds. The van der Waals surface area contributed by atoms with E-state index in [1.807, 2.05) is 54.5 Å². The Morgan fingerprint density at radius 1 is 1.19 bits per heavy atom. The Hall–Kier alpha value is -0.830. The molecule has 0 heterocycles. The van der Waals surface area contributed by atoms with E-state index >= 15 is 0 Å². The summed E-state index contributed by atoms with van der Waals surface area (Å²) in [5.41, 5.74) is 0.870. The van der Waals surface area contributed by atoms with Gasteiger partial charge in [0.2, 0.25) is 0 Å². The minimum Gasteiger partial charge on any atom is -0.463 e. The molecule has 0 aliphatic heterocycles. The molecular formula is C18H40O3. The summed E-state index contributed by atoms with van der Waals surface area (Å²) < 4.78 is 4.91. The zero-order chi connectivity index (χ0) is 17.7. The van der Waals surface area contributed by atoms with Crippen LogP contribution < -0.4 is 0 Å². The Morgan fingerprint density at radius 2 is 1.62 bits per heavy atom. The fourth-order valence-electron chi connectivity index (χ4n) is 1.37. The second kappa shape index (κ2) is 27.5. The number of carbonyl (C=O) groups is 1. The molecule has 3 nitrogen and oxygen atoms in total. The number of carbonyl (C=O) groups excluding carboxylic acids is 1. The van der Waals surface area contributed by atoms with Gasteiger partial charge in [-0.1, -0.05) is 54.5 Å². The molecule has 0 aromatic heterocycles. The lowest BCUT2D eigenvalue weighted by Gasteiger charge is -2.16. The van der Waals surface area contributed by atoms with Crippen LogP contribution in [-0.2, 0) is 9.53 Å². The van der Waals surface area contributed by atoms with Crippen molar-refractivity contribution >= 4 is 5.97 Å². The monoisotopic (exact) mass is 304 g/mol. The van der Waals surface area contributed by atoms with E-state index in [0.717, 1.165) is 30.8 Å². The van der Waals surface area contributed by atoms with Crippen molar-refractivity contribution in [2.75, 3.05) is 13.2 Å². The van der Waals surface area contributed by atoms with Crippen molar-refractivity contribution < 1.29 is 14.6 Å². The van der Waals surface area contributed by atoms with Gasteiger partial charge in [-0.15, -0.1) is 0 Å². The molecular weight excluding hydrogens is 264 g/mol. The van der Waals surface area contributed by atoms with Gasteiger partial charge in [0.25, 0.3) is 0 Å². The van der Waals surface area contributed by atoms with E-state index in [-0.39, 0.29) is 12.6 Å². The molecule has 1 unspecified atom stereocenters. The van der Waals surface area contributed by atoms with E-state index in [2.05, 4.69) is 6.92 Å². The first kappa shape index (κ1) is 28.3. The van der Waals surface area contributed by atoms with Gasteiger partial charge < -0.3 is 9.84 Å². The molecule has 1 aliphatic carbocycles. The summed E-state index contributed by atoms with van der Waals surface area (Å²) >= 11 is 0. The maximum Gasteiger partial charge on any atom is 0.333 e. The van der Waals surface area contributed by atoms with Crippen LogP contribution in [0.15, 0.2) is 11.6 Å². The largest absolute Gasteiger partial charge is 0.463 e. The molecule has 0 aromatic rings. The lowest BCUT2D eigenvalue weighted by atomic mass is 9.91. The SMILES string of the molecule is CC.CC.CC.CCO.CCOC(=O)C1=CCC(C)CC1. The van der Waals surface area contributed by atoms with Crippen molar-refractivity contribution in [3.05, 3.63) is 11.6 Å². The van der Waals surface area contributed by atoms with Gasteiger partial charge in [-0.25, -0.2) is 4.79 Å². The highest BCUT2D eigenvalue weighted by Gasteiger charge is 2.16. The van der Waals surface area contributed by atoms with Crippen LogP contribution >= 0.6 is 0 Å². The second-order valence-corrected chi connectivity index (χ2v) is 3.65. The average Bonchev–Trinajstić information content (AvgIpc) is 2.55. The van der Waals surface area contributed by atoms with Crippen LogP contribution in [0.2, 0.25) is 0 Å². The predicted molar refractivity (Wildman–Crippen MR) is 94.5 cm³/mol. The highest BCUT2D eigenvalue weighted by Crippen LogP contribution is 2.23. The van der Waals surface area contributed by atoms with E-state index < -0.39 is 0 Å². The Bertz CT molecular complexity index is 211. The minimum absolute atomic E-state index is 0.121. The highest BCUT2D eigenvalue weighted by atomic mass is 16.5. The maximum atomic E-state index is 11.2. The van der Waals surface area contributed by atoms with Crippen LogP contribution in [0, 0.1) is 5.92 Å². The maximum absolute atomic E-state index is 11.2. The summed E-state index contributed by atoms with van der Waals surface area (Å²) in [6, 6.07) is 0. The lowest BCUT2D eigenvalue weighted by Crippen LogP contribution is -2.12. The summed E-state index contributed by atoms with van der Waals surface area (Å²) in [6.07, 6.45) is 5.05. The Kier molecular flexibility index (Phi) is 37.1. The number of aliphatic hydroxyl groups is 1. The topological polar surface area (TPSA) is 46.5 Å². The van der Waals surface area contributed by atoms with Crippen LogP contribution in [-0.4, -0.2) is 24.3 Å². The first-order chi connectivity index (χ1) is 10.2. The zero-order valence-electron chi connectivity index (χ0n) is 16.0. The summed E-state index contributed by atoms with van der Waals surface area (Å²) in [5, 5.41) is 7.57. The fourth-order valence-corrected chi connectivity index (χ4v) is 1.37. The van der Waals surface area contributed by atoms with Crippen molar-refractivity contribution in [1.82, 2.24) is 0 Å². The quantitative estimate of drug-likeness (QED) is 0.697. The van der Waals surface area contributed by atoms with Crippen molar-refractivity contribution in [3.8, 4) is 0 Å². The molecule has 21 heavy (non-hydrogen) atoms. The third-order valence-corrected chi connectivity index (χ3v) is 2.21. The first-order valence-corrected chi connectivity index (χ1v) is 8.62. The number of ether oxygens (including phenoxy) is 1. The standard InChI is InChI=1S/C10H16O2.C2H6O.3C2H6/c1-3-12-10(11)9-6-4-8(2)5-7-9;1-2-3;3*1-2/h6,8H,3-5,7H2,1-2H3;3H,2H2,1H3;3*1-2H3. The van der Waals surface area contributed by atoms with Crippen LogP contribution in [0.5, 0.6) is 0 Å². The molecule has 0 spiro atoms. The van der Waals surface area contributed by atoms with Crippen molar-refractivity contribution in [1.29, 1.82) is 0 Å². The molecule has 1 N–H and O–H groups in total. The number of hydrogen-bond donors (Lipinski definition) is 1. The van der Waals surface area contributed by atoms with E-state index in [4.69, 9.17) is 9.84 Å². The van der Waals surface area contributed by atoms with Gasteiger partial charge in [0.15, 0.2) is 0 Å². The number of esters is 1. The second-order valence-electron chi connectivity index (χ2n) is 3.65. The summed E-state index contributed by atoms with van der Waals surface area (Å²) in [6.45, 7) is 18.5. The van der Waals surface area contributed by atoms with Crippen molar-refractivity contribution in [3.63, 3.8) is 0 Å². The molecule has 0 fully saturated rings. The summed E-state index contributed by atoms with van der Waals surface area (Å²) in [4.78, 5) is 11.2. The van der Waals surface area contributed by atoms with Gasteiger partial charge in [0.05, 0.1) is 6.61 Å². The smallest absolute Gasteiger partial charge is 0.333 e. The molecule has 0 saturated carbocycles. The number of hydrogen-bond acceptors (Lipinski definition) is 3. The molecule has 0 aromatic carbocycles. The van der Waals surface area contributed by atoms with Crippen LogP contribution in [0.4, 0.5) is 0 Å². The lowest BCUT2D eigenvalue weighted by molar-refractivity contribution is -0.138. The number of aliphatic hydroxyl groups excluding tert-OH is 1. The van der Waals surface area contributed by atoms with Gasteiger partial charge in [-0.2, -0.15) is 0 Å². The van der Waals surface area contributed by atoms with Gasteiger partial charge in [0, 0.05) is 12.2 Å². The first-order valence-electron chi connectivity index (χ1n) is 8.62. The normalized spacial score (nSPS) is 15.0. The van der Waals surface area contributed by atoms with E-state index in [0.29, 0.717) is 6.61 Å². The Labute approximate surface area is 133 Å². The van der Waals surface area contributed by atoms with E-state index in [1.54, 1.807) is 6.92 Å². The minimum atomic E-state index is -0.121. The van der Waals surface area contributed by atoms with Crippen LogP contribution in [0.25, 0.3) is 0 Å². The van der Waals surface area contributed by atoms with Crippen molar-refractivity contribution in [2.24, 2.45) is 5.92 Å². The Balaban J connectivity index is -0.000000136. The molecule has 3 heteroatoms. The van der Waals surface area contributed by atoms with Gasteiger partial charge in [0.1, 0.15) is 0 Å². The molecule has 1 atom stereocenters. The van der Waals surface area contributed by atoms with Crippen LogP contribution in [0.1, 0.15) is 81.6 Å². The fraction of sp³-hybridized carbons (Fsp3) is 0.833. The third-order valence-electron chi connectivity index (χ3n) is 2.21. The van der Waals surface area contributed by atoms with Gasteiger partial charge in [-0.05, 0) is 39.0 Å². The molecule has 1 rings (SSSR count). The highest BCUT2D eigenvalue weighted by molar-refractivity contribution is 5.88. The molecule has 0 radical (unpaired) electrons. The number of allylic oxidation sites excluding steroid dienone is 1. The zero-order valence-corrected chi connectivity index (χ0v) is 16.0. The predicted octanol–water partition coefficient (Wildman–Crippen LogP) is 5.37. The molecule has 130 valence electrons. The summed E-state index contributed by atoms with van der Waals surface area (Å²) in [7, 11) is 0. The van der Waals surface area contributed by atoms with Crippen LogP contribution in [0.3, 0.4) is 0 Å². The van der Waals surface area contributed by atoms with E-state index in [1.165, 1.54) is 0 Å². The van der Waals surface area contributed by atoms with Gasteiger partial charge >= 0.3 is 5.97 Å². The van der Waals surface area contributed by atoms with E-state index in [9.17, 15) is 4.79 Å². The molecule has 1 aliphatic rings. The third kappa shape index (κ3) is 21.6. The average molecular weight is 305 g/mol. The number of rotatable bonds is 2. The van der Waals surface area contributed by atoms with Gasteiger partial charge in [-0.3, -0.25) is 0 Å². The molecule has 0 saturated heterocycles.